The van der Waals surface area contributed by atoms with E-state index in [1.807, 2.05) is 30.3 Å². The van der Waals surface area contributed by atoms with Gasteiger partial charge in [0.1, 0.15) is 5.82 Å². The van der Waals surface area contributed by atoms with E-state index in [-0.39, 0.29) is 29.5 Å². The number of nitrogens with one attached hydrogen (secondary N) is 1. The third-order valence-corrected chi connectivity index (χ3v) is 5.29. The minimum Gasteiger partial charge on any atom is -0.493 e. The van der Waals surface area contributed by atoms with Crippen molar-refractivity contribution in [1.29, 1.82) is 0 Å². The highest BCUT2D eigenvalue weighted by atomic mass is 19.1. The van der Waals surface area contributed by atoms with Gasteiger partial charge in [-0.3, -0.25) is 9.59 Å². The van der Waals surface area contributed by atoms with Crippen molar-refractivity contribution in [3.63, 3.8) is 0 Å². The molecule has 1 amide bonds. The van der Waals surface area contributed by atoms with Gasteiger partial charge in [-0.25, -0.2) is 9.18 Å². The molecule has 0 saturated carbocycles. The highest BCUT2D eigenvalue weighted by molar-refractivity contribution is 6.02. The number of carbonyl (C=O) groups excluding carboxylic acids is 3. The zero-order valence-corrected chi connectivity index (χ0v) is 19.3. The number of ether oxygens (including phenoxy) is 3. The van der Waals surface area contributed by atoms with Gasteiger partial charge in [-0.2, -0.15) is 0 Å². The standard InChI is InChI=1S/C28H22FNO6/c1-34-26-15-21(8-13-25(26)35-17-27(32)30-23-11-9-22(29)10-12-23)28(33)36-16-24(31)20-7-6-18-4-2-3-5-19(18)14-20/h2-15H,16-17H2,1H3,(H,30,32). The van der Waals surface area contributed by atoms with Crippen molar-refractivity contribution < 1.29 is 33.0 Å². The molecule has 1 N–H and O–H groups in total. The number of Topliss-reactive ketones (excluding diaryl/α,β-unsaturated/α-hetero) is 1. The van der Waals surface area contributed by atoms with Crippen LogP contribution in [0.2, 0.25) is 0 Å². The van der Waals surface area contributed by atoms with Crippen molar-refractivity contribution in [3.05, 3.63) is 102 Å². The SMILES string of the molecule is COc1cc(C(=O)OCC(=O)c2ccc3ccccc3c2)ccc1OCC(=O)Nc1ccc(F)cc1. The number of anilines is 1. The third kappa shape index (κ3) is 6.04. The van der Waals surface area contributed by atoms with Crippen LogP contribution in [-0.4, -0.2) is 38.0 Å². The van der Waals surface area contributed by atoms with Crippen molar-refractivity contribution in [1.82, 2.24) is 0 Å². The molecule has 0 heterocycles. The molecule has 0 saturated heterocycles. The van der Waals surface area contributed by atoms with Crippen molar-refractivity contribution >= 4 is 34.1 Å². The fourth-order valence-electron chi connectivity index (χ4n) is 3.45. The summed E-state index contributed by atoms with van der Waals surface area (Å²) in [6, 6.07) is 22.6. The number of carbonyl (C=O) groups is 3. The van der Waals surface area contributed by atoms with Gasteiger partial charge in [0, 0.05) is 11.3 Å². The normalized spacial score (nSPS) is 10.5. The van der Waals surface area contributed by atoms with Gasteiger partial charge in [-0.15, -0.1) is 0 Å². The number of methoxy groups -OCH3 is 1. The van der Waals surface area contributed by atoms with Crippen LogP contribution in [0, 0.1) is 5.82 Å². The zero-order chi connectivity index (χ0) is 25.5. The summed E-state index contributed by atoms with van der Waals surface area (Å²) in [4.78, 5) is 37.1. The van der Waals surface area contributed by atoms with E-state index in [9.17, 15) is 18.8 Å². The summed E-state index contributed by atoms with van der Waals surface area (Å²) >= 11 is 0. The van der Waals surface area contributed by atoms with E-state index in [4.69, 9.17) is 14.2 Å². The number of esters is 1. The molecule has 0 fully saturated rings. The molecule has 0 bridgehead atoms. The van der Waals surface area contributed by atoms with E-state index in [0.717, 1.165) is 10.8 Å². The van der Waals surface area contributed by atoms with Crippen LogP contribution >= 0.6 is 0 Å². The lowest BCUT2D eigenvalue weighted by Gasteiger charge is -2.12. The van der Waals surface area contributed by atoms with Crippen molar-refractivity contribution in [2.75, 3.05) is 25.6 Å². The molecule has 36 heavy (non-hydrogen) atoms. The highest BCUT2D eigenvalue weighted by Crippen LogP contribution is 2.28. The molecule has 0 aliphatic carbocycles. The number of hydrogen-bond acceptors (Lipinski definition) is 6. The number of rotatable bonds is 9. The summed E-state index contributed by atoms with van der Waals surface area (Å²) in [6.07, 6.45) is 0. The van der Waals surface area contributed by atoms with E-state index < -0.39 is 24.3 Å². The number of fused-ring (bicyclic) bond motifs is 1. The minimum absolute atomic E-state index is 0.154. The summed E-state index contributed by atoms with van der Waals surface area (Å²) in [6.45, 7) is -0.751. The molecule has 0 spiro atoms. The van der Waals surface area contributed by atoms with Crippen molar-refractivity contribution in [2.45, 2.75) is 0 Å². The van der Waals surface area contributed by atoms with Crippen LogP contribution in [0.1, 0.15) is 20.7 Å². The Morgan fingerprint density at radius 2 is 1.50 bits per heavy atom. The highest BCUT2D eigenvalue weighted by Gasteiger charge is 2.16. The maximum atomic E-state index is 13.0. The largest absolute Gasteiger partial charge is 0.493 e. The number of halogens is 1. The smallest absolute Gasteiger partial charge is 0.338 e. The second-order valence-electron chi connectivity index (χ2n) is 7.77. The molecule has 0 aliphatic heterocycles. The fraction of sp³-hybridized carbons (Fsp3) is 0.107. The van der Waals surface area contributed by atoms with E-state index in [1.54, 1.807) is 12.1 Å². The lowest BCUT2D eigenvalue weighted by Crippen LogP contribution is -2.20. The maximum Gasteiger partial charge on any atom is 0.338 e. The molecular weight excluding hydrogens is 465 g/mol. The average molecular weight is 487 g/mol. The van der Waals surface area contributed by atoms with Crippen LogP contribution in [-0.2, 0) is 9.53 Å². The molecule has 0 atom stereocenters. The second kappa shape index (κ2) is 11.1. The zero-order valence-electron chi connectivity index (χ0n) is 19.3. The van der Waals surface area contributed by atoms with Crippen molar-refractivity contribution in [2.24, 2.45) is 0 Å². The first kappa shape index (κ1) is 24.4. The van der Waals surface area contributed by atoms with Crippen LogP contribution in [0.5, 0.6) is 11.5 Å². The molecular formula is C28H22FNO6. The van der Waals surface area contributed by atoms with E-state index >= 15 is 0 Å². The molecule has 0 radical (unpaired) electrons. The van der Waals surface area contributed by atoms with Gasteiger partial charge in [0.25, 0.3) is 5.91 Å². The number of benzene rings is 4. The average Bonchev–Trinajstić information content (AvgIpc) is 2.91. The Labute approximate surface area is 206 Å². The molecule has 0 unspecified atom stereocenters. The lowest BCUT2D eigenvalue weighted by atomic mass is 10.0. The van der Waals surface area contributed by atoms with E-state index in [2.05, 4.69) is 5.32 Å². The predicted octanol–water partition coefficient (Wildman–Crippen LogP) is 5.04. The molecule has 8 heteroatoms. The molecule has 0 aliphatic rings. The number of ketones is 1. The van der Waals surface area contributed by atoms with E-state index in [0.29, 0.717) is 11.3 Å². The fourth-order valence-corrected chi connectivity index (χ4v) is 3.45. The minimum atomic E-state index is -0.706. The van der Waals surface area contributed by atoms with Crippen LogP contribution in [0.15, 0.2) is 84.9 Å². The predicted molar refractivity (Wildman–Crippen MR) is 132 cm³/mol. The summed E-state index contributed by atoms with van der Waals surface area (Å²) < 4.78 is 28.9. The van der Waals surface area contributed by atoms with Crippen molar-refractivity contribution in [3.8, 4) is 11.5 Å². The van der Waals surface area contributed by atoms with Gasteiger partial charge in [0.2, 0.25) is 0 Å². The second-order valence-corrected chi connectivity index (χ2v) is 7.77. The number of amides is 1. The quantitative estimate of drug-likeness (QED) is 0.263. The Hall–Kier alpha value is -4.72. The summed E-state index contributed by atoms with van der Waals surface area (Å²) in [5, 5.41) is 4.51. The molecule has 182 valence electrons. The van der Waals surface area contributed by atoms with Crippen LogP contribution in [0.25, 0.3) is 10.8 Å². The molecule has 4 aromatic rings. The Morgan fingerprint density at radius 1 is 0.778 bits per heavy atom. The Morgan fingerprint density at radius 3 is 2.25 bits per heavy atom. The van der Waals surface area contributed by atoms with Gasteiger partial charge in [-0.05, 0) is 59.3 Å². The molecule has 4 rings (SSSR count). The first-order valence-corrected chi connectivity index (χ1v) is 11.0. The summed E-state index contributed by atoms with van der Waals surface area (Å²) in [5.74, 6) is -1.46. The van der Waals surface area contributed by atoms with Gasteiger partial charge in [0.05, 0.1) is 12.7 Å². The molecule has 0 aromatic heterocycles. The van der Waals surface area contributed by atoms with Crippen LogP contribution in [0.3, 0.4) is 0 Å². The third-order valence-electron chi connectivity index (χ3n) is 5.29. The van der Waals surface area contributed by atoms with Gasteiger partial charge < -0.3 is 19.5 Å². The first-order chi connectivity index (χ1) is 17.4. The molecule has 4 aromatic carbocycles. The Bertz CT molecular complexity index is 1420. The maximum absolute atomic E-state index is 13.0. The van der Waals surface area contributed by atoms with Crippen LogP contribution < -0.4 is 14.8 Å². The Balaban J connectivity index is 1.33. The number of hydrogen-bond donors (Lipinski definition) is 1. The summed E-state index contributed by atoms with van der Waals surface area (Å²) in [5.41, 5.74) is 1.02. The first-order valence-electron chi connectivity index (χ1n) is 11.0. The van der Waals surface area contributed by atoms with Gasteiger partial charge in [-0.1, -0.05) is 36.4 Å². The molecule has 7 nitrogen and oxygen atoms in total. The van der Waals surface area contributed by atoms with E-state index in [1.165, 1.54) is 49.6 Å². The topological polar surface area (TPSA) is 90.9 Å². The van der Waals surface area contributed by atoms with Gasteiger partial charge >= 0.3 is 5.97 Å². The van der Waals surface area contributed by atoms with Crippen LogP contribution in [0.4, 0.5) is 10.1 Å². The lowest BCUT2D eigenvalue weighted by molar-refractivity contribution is -0.118. The Kier molecular flexibility index (Phi) is 7.55. The van der Waals surface area contributed by atoms with Gasteiger partial charge in [0.15, 0.2) is 30.5 Å². The summed E-state index contributed by atoms with van der Waals surface area (Å²) in [7, 11) is 1.39. The monoisotopic (exact) mass is 487 g/mol.